The first-order valence-electron chi connectivity index (χ1n) is 12.2. The van der Waals surface area contributed by atoms with Gasteiger partial charge >= 0.3 is 0 Å². The summed E-state index contributed by atoms with van der Waals surface area (Å²) in [6.07, 6.45) is 3.22. The van der Waals surface area contributed by atoms with E-state index in [1.165, 1.54) is 17.0 Å². The van der Waals surface area contributed by atoms with Crippen LogP contribution in [0.25, 0.3) is 5.76 Å². The van der Waals surface area contributed by atoms with E-state index in [-0.39, 0.29) is 23.6 Å². The molecule has 2 N–H and O–H groups in total. The second-order valence-electron chi connectivity index (χ2n) is 9.18. The largest absolute Gasteiger partial charge is 0.508 e. The molecular weight excluding hydrogens is 480 g/mol. The third-order valence-corrected chi connectivity index (χ3v) is 6.44. The molecule has 38 heavy (non-hydrogen) atoms. The van der Waals surface area contributed by atoms with Gasteiger partial charge in [0.15, 0.2) is 0 Å². The topological polar surface area (TPSA) is 100.0 Å². The van der Waals surface area contributed by atoms with E-state index in [9.17, 15) is 19.8 Å². The van der Waals surface area contributed by atoms with Gasteiger partial charge in [0, 0.05) is 24.5 Å². The molecule has 0 aliphatic carbocycles. The molecule has 4 aromatic rings. The van der Waals surface area contributed by atoms with E-state index in [1.807, 2.05) is 31.2 Å². The molecule has 1 aliphatic heterocycles. The molecule has 0 radical (unpaired) electrons. The molecule has 0 unspecified atom stereocenters. The Bertz CT molecular complexity index is 1510. The first kappa shape index (κ1) is 24.8. The van der Waals surface area contributed by atoms with Crippen LogP contribution in [-0.2, 0) is 22.7 Å². The minimum atomic E-state index is -0.882. The van der Waals surface area contributed by atoms with Crippen molar-refractivity contribution in [1.82, 2.24) is 9.88 Å². The van der Waals surface area contributed by atoms with Gasteiger partial charge in [0.1, 0.15) is 23.9 Å². The Morgan fingerprint density at radius 1 is 0.921 bits per heavy atom. The number of aromatic nitrogens is 1. The van der Waals surface area contributed by atoms with Crippen LogP contribution < -0.4 is 4.74 Å². The lowest BCUT2D eigenvalue weighted by atomic mass is 9.95. The van der Waals surface area contributed by atoms with E-state index in [2.05, 4.69) is 4.98 Å². The van der Waals surface area contributed by atoms with Gasteiger partial charge in [-0.2, -0.15) is 0 Å². The minimum Gasteiger partial charge on any atom is -0.508 e. The quantitative estimate of drug-likeness (QED) is 0.201. The van der Waals surface area contributed by atoms with Crippen molar-refractivity contribution in [2.45, 2.75) is 26.1 Å². The van der Waals surface area contributed by atoms with Gasteiger partial charge in [-0.3, -0.25) is 14.6 Å². The van der Waals surface area contributed by atoms with E-state index in [0.29, 0.717) is 23.5 Å². The maximum Gasteiger partial charge on any atom is 0.295 e. The van der Waals surface area contributed by atoms with E-state index in [0.717, 1.165) is 16.7 Å². The van der Waals surface area contributed by atoms with Crippen LogP contribution in [0.3, 0.4) is 0 Å². The number of phenols is 1. The normalized spacial score (nSPS) is 16.6. The number of phenolic OH excluding ortho intramolecular Hbond substituents is 1. The van der Waals surface area contributed by atoms with E-state index < -0.39 is 17.7 Å². The number of ether oxygens (including phenoxy) is 1. The Kier molecular flexibility index (Phi) is 6.91. The summed E-state index contributed by atoms with van der Waals surface area (Å²) >= 11 is 0. The van der Waals surface area contributed by atoms with Crippen molar-refractivity contribution in [3.05, 3.63) is 131 Å². The number of benzene rings is 3. The fraction of sp³-hybridized carbons (Fsp3) is 0.129. The number of ketones is 1. The summed E-state index contributed by atoms with van der Waals surface area (Å²) in [6.45, 7) is 2.55. The van der Waals surface area contributed by atoms with E-state index in [1.54, 1.807) is 60.9 Å². The standard InChI is InChI=1S/C31H26N2O5/c1-20-4-2-5-22(16-20)19-38-26-10-8-23(9-11-26)29(35)27-28(24-6-3-7-25(34)17-24)33(31(37)30(27)36)18-21-12-14-32-15-13-21/h2-17,28,34-35H,18-19H2,1H3/b29-27+/t28-/m0/s1. The molecule has 0 bridgehead atoms. The maximum absolute atomic E-state index is 13.2. The Morgan fingerprint density at radius 2 is 1.66 bits per heavy atom. The number of Topliss-reactive ketones (excluding diaryl/α,β-unsaturated/α-hetero) is 1. The summed E-state index contributed by atoms with van der Waals surface area (Å²) in [5.41, 5.74) is 3.81. The molecule has 1 aromatic heterocycles. The Balaban J connectivity index is 1.47. The molecule has 5 rings (SSSR count). The highest BCUT2D eigenvalue weighted by Crippen LogP contribution is 2.41. The van der Waals surface area contributed by atoms with Gasteiger partial charge in [-0.15, -0.1) is 0 Å². The molecule has 7 heteroatoms. The van der Waals surface area contributed by atoms with Crippen LogP contribution in [-0.4, -0.2) is 31.8 Å². The number of aryl methyl sites for hydroxylation is 1. The summed E-state index contributed by atoms with van der Waals surface area (Å²) in [6, 6.07) is 23.7. The Labute approximate surface area is 220 Å². The maximum atomic E-state index is 13.2. The minimum absolute atomic E-state index is 0.00731. The molecule has 0 spiro atoms. The summed E-state index contributed by atoms with van der Waals surface area (Å²) < 4.78 is 5.87. The molecular formula is C31H26N2O5. The molecule has 190 valence electrons. The van der Waals surface area contributed by atoms with Crippen LogP contribution in [0.15, 0.2) is 103 Å². The van der Waals surface area contributed by atoms with Gasteiger partial charge in [-0.05, 0) is 72.1 Å². The monoisotopic (exact) mass is 506 g/mol. The molecule has 7 nitrogen and oxygen atoms in total. The lowest BCUT2D eigenvalue weighted by molar-refractivity contribution is -0.140. The van der Waals surface area contributed by atoms with Crippen molar-refractivity contribution < 1.29 is 24.5 Å². The second kappa shape index (κ2) is 10.6. The first-order valence-corrected chi connectivity index (χ1v) is 12.2. The number of rotatable bonds is 7. The fourth-order valence-corrected chi connectivity index (χ4v) is 4.60. The van der Waals surface area contributed by atoms with Gasteiger partial charge in [-0.25, -0.2) is 0 Å². The molecule has 1 fully saturated rings. The number of amides is 1. The smallest absolute Gasteiger partial charge is 0.295 e. The number of aliphatic hydroxyl groups excluding tert-OH is 1. The highest BCUT2D eigenvalue weighted by molar-refractivity contribution is 6.46. The number of hydrogen-bond acceptors (Lipinski definition) is 6. The number of hydrogen-bond donors (Lipinski definition) is 2. The average molecular weight is 507 g/mol. The fourth-order valence-electron chi connectivity index (χ4n) is 4.60. The van der Waals surface area contributed by atoms with Crippen molar-refractivity contribution in [1.29, 1.82) is 0 Å². The first-order chi connectivity index (χ1) is 18.4. The number of carbonyl (C=O) groups excluding carboxylic acids is 2. The van der Waals surface area contributed by atoms with Gasteiger partial charge in [0.05, 0.1) is 11.6 Å². The number of pyridine rings is 1. The molecule has 1 saturated heterocycles. The predicted molar refractivity (Wildman–Crippen MR) is 142 cm³/mol. The van der Waals surface area contributed by atoms with Crippen LogP contribution in [0.5, 0.6) is 11.5 Å². The van der Waals surface area contributed by atoms with Gasteiger partial charge < -0.3 is 19.8 Å². The van der Waals surface area contributed by atoms with Gasteiger partial charge in [0.2, 0.25) is 0 Å². The number of likely N-dealkylation sites (tertiary alicyclic amines) is 1. The summed E-state index contributed by atoms with van der Waals surface area (Å²) in [4.78, 5) is 31.8. The lowest BCUT2D eigenvalue weighted by Gasteiger charge is -2.25. The van der Waals surface area contributed by atoms with Crippen LogP contribution in [0, 0.1) is 6.92 Å². The van der Waals surface area contributed by atoms with Crippen molar-refractivity contribution >= 4 is 17.4 Å². The molecule has 1 aliphatic rings. The van der Waals surface area contributed by atoms with Crippen molar-refractivity contribution in [3.8, 4) is 11.5 Å². The highest BCUT2D eigenvalue weighted by atomic mass is 16.5. The van der Waals surface area contributed by atoms with Crippen LogP contribution >= 0.6 is 0 Å². The molecule has 0 saturated carbocycles. The zero-order valence-electron chi connectivity index (χ0n) is 20.7. The van der Waals surface area contributed by atoms with Crippen LogP contribution in [0.1, 0.15) is 33.9 Å². The Hall–Kier alpha value is -4.91. The van der Waals surface area contributed by atoms with Crippen molar-refractivity contribution in [2.24, 2.45) is 0 Å². The summed E-state index contributed by atoms with van der Waals surface area (Å²) in [5, 5.41) is 21.4. The van der Waals surface area contributed by atoms with Crippen LogP contribution in [0.4, 0.5) is 0 Å². The number of aliphatic hydroxyl groups is 1. The predicted octanol–water partition coefficient (Wildman–Crippen LogP) is 5.30. The number of carbonyl (C=O) groups is 2. The third kappa shape index (κ3) is 5.13. The molecule has 3 aromatic carbocycles. The molecule has 2 heterocycles. The lowest BCUT2D eigenvalue weighted by Crippen LogP contribution is -2.29. The average Bonchev–Trinajstić information content (AvgIpc) is 3.17. The SMILES string of the molecule is Cc1cccc(COc2ccc(/C(O)=C3\C(=O)C(=O)N(Cc4ccncc4)[C@H]3c3cccc(O)c3)cc2)c1. The number of nitrogens with zero attached hydrogens (tertiary/aromatic N) is 2. The zero-order chi connectivity index (χ0) is 26.6. The highest BCUT2D eigenvalue weighted by Gasteiger charge is 2.46. The summed E-state index contributed by atoms with van der Waals surface area (Å²) in [7, 11) is 0. The zero-order valence-corrected chi connectivity index (χ0v) is 20.7. The van der Waals surface area contributed by atoms with E-state index in [4.69, 9.17) is 4.74 Å². The summed E-state index contributed by atoms with van der Waals surface area (Å²) in [5.74, 6) is -1.21. The van der Waals surface area contributed by atoms with Crippen molar-refractivity contribution in [2.75, 3.05) is 0 Å². The van der Waals surface area contributed by atoms with Crippen LogP contribution in [0.2, 0.25) is 0 Å². The number of aromatic hydroxyl groups is 1. The van der Waals surface area contributed by atoms with Gasteiger partial charge in [-0.1, -0.05) is 42.0 Å². The van der Waals surface area contributed by atoms with Gasteiger partial charge in [0.25, 0.3) is 11.7 Å². The van der Waals surface area contributed by atoms with Crippen molar-refractivity contribution in [3.63, 3.8) is 0 Å². The molecule has 1 amide bonds. The second-order valence-corrected chi connectivity index (χ2v) is 9.18. The third-order valence-electron chi connectivity index (χ3n) is 6.44. The Morgan fingerprint density at radius 3 is 2.37 bits per heavy atom. The molecule has 1 atom stereocenters. The van der Waals surface area contributed by atoms with E-state index >= 15 is 0 Å².